The number of carbonyl (C=O) groups excluding carboxylic acids is 1. The van der Waals surface area contributed by atoms with Gasteiger partial charge >= 0.3 is 0 Å². The molecular weight excluding hydrogens is 311 g/mol. The summed E-state index contributed by atoms with van der Waals surface area (Å²) in [6, 6.07) is 1.70. The molecule has 0 saturated heterocycles. The molecule has 2 aromatic rings. The molecular formula is C15H14F3N3O2. The maximum atomic E-state index is 14.1. The van der Waals surface area contributed by atoms with Crippen molar-refractivity contribution in [3.63, 3.8) is 0 Å². The van der Waals surface area contributed by atoms with Crippen molar-refractivity contribution in [3.8, 4) is 0 Å². The fraction of sp³-hybridized carbons (Fsp3) is 0.333. The fourth-order valence-electron chi connectivity index (χ4n) is 2.85. The van der Waals surface area contributed by atoms with Crippen molar-refractivity contribution in [1.29, 1.82) is 0 Å². The van der Waals surface area contributed by atoms with Gasteiger partial charge in [-0.15, -0.1) is 0 Å². The van der Waals surface area contributed by atoms with Crippen LogP contribution in [0.15, 0.2) is 16.9 Å². The highest BCUT2D eigenvalue weighted by Crippen LogP contribution is 2.37. The summed E-state index contributed by atoms with van der Waals surface area (Å²) in [6.45, 7) is 3.59. The number of anilines is 1. The molecule has 0 unspecified atom stereocenters. The minimum atomic E-state index is -1.62. The Balaban J connectivity index is 2.23. The maximum absolute atomic E-state index is 14.1. The Labute approximate surface area is 129 Å². The van der Waals surface area contributed by atoms with E-state index in [1.807, 2.05) is 0 Å². The van der Waals surface area contributed by atoms with Crippen LogP contribution in [-0.4, -0.2) is 15.7 Å². The van der Waals surface area contributed by atoms with E-state index >= 15 is 0 Å². The first-order valence-electron chi connectivity index (χ1n) is 7.09. The molecule has 2 N–H and O–H groups in total. The molecule has 23 heavy (non-hydrogen) atoms. The van der Waals surface area contributed by atoms with Crippen molar-refractivity contribution in [2.45, 2.75) is 32.2 Å². The summed E-state index contributed by atoms with van der Waals surface area (Å²) in [6.07, 6.45) is -0.222. The summed E-state index contributed by atoms with van der Waals surface area (Å²) in [5.41, 5.74) is -0.571. The molecule has 8 heteroatoms. The highest BCUT2D eigenvalue weighted by Gasteiger charge is 2.35. The lowest BCUT2D eigenvalue weighted by Crippen LogP contribution is -2.28. The monoisotopic (exact) mass is 325 g/mol. The molecule has 0 bridgehead atoms. The maximum Gasteiger partial charge on any atom is 0.270 e. The molecule has 5 nitrogen and oxygen atoms in total. The summed E-state index contributed by atoms with van der Waals surface area (Å²) in [4.78, 5) is 24.2. The van der Waals surface area contributed by atoms with Gasteiger partial charge in [-0.05, 0) is 25.5 Å². The van der Waals surface area contributed by atoms with Crippen molar-refractivity contribution in [3.05, 3.63) is 51.1 Å². The van der Waals surface area contributed by atoms with Gasteiger partial charge in [-0.25, -0.2) is 13.2 Å². The summed E-state index contributed by atoms with van der Waals surface area (Å²) in [7, 11) is 0. The highest BCUT2D eigenvalue weighted by molar-refractivity contribution is 5.94. The summed E-state index contributed by atoms with van der Waals surface area (Å²) in [5.74, 6) is -5.49. The van der Waals surface area contributed by atoms with Crippen LogP contribution in [0.3, 0.4) is 0 Å². The molecule has 0 saturated carbocycles. The Morgan fingerprint density at radius 3 is 2.52 bits per heavy atom. The summed E-state index contributed by atoms with van der Waals surface area (Å²) in [5, 5.41) is 5.15. The second-order valence-corrected chi connectivity index (χ2v) is 5.74. The number of hydrogen-bond donors (Lipinski definition) is 2. The number of amides is 1. The van der Waals surface area contributed by atoms with Crippen LogP contribution in [0.5, 0.6) is 0 Å². The topological polar surface area (TPSA) is 66.9 Å². The van der Waals surface area contributed by atoms with Crippen LogP contribution in [0.1, 0.15) is 43.4 Å². The Hall–Kier alpha value is -2.51. The van der Waals surface area contributed by atoms with Crippen LogP contribution in [0, 0.1) is 17.5 Å². The molecule has 1 aliphatic rings. The number of nitrogens with one attached hydrogen (secondary N) is 2. The van der Waals surface area contributed by atoms with Gasteiger partial charge in [0, 0.05) is 18.4 Å². The zero-order valence-electron chi connectivity index (χ0n) is 12.4. The average molecular weight is 325 g/mol. The first-order valence-corrected chi connectivity index (χ1v) is 7.09. The lowest BCUT2D eigenvalue weighted by atomic mass is 9.86. The lowest BCUT2D eigenvalue weighted by Gasteiger charge is -2.24. The van der Waals surface area contributed by atoms with Gasteiger partial charge in [-0.2, -0.15) is 0 Å². The molecule has 1 aromatic carbocycles. The van der Waals surface area contributed by atoms with Gasteiger partial charge in [0.1, 0.15) is 5.82 Å². The SMILES string of the molecule is CC(C)n1[nH]c(=O)c2c1NC(=O)C[C@@H]2c1ccc(F)c(F)c1F. The number of rotatable bonds is 2. The van der Waals surface area contributed by atoms with Crippen molar-refractivity contribution >= 4 is 11.7 Å². The molecule has 1 amide bonds. The second kappa shape index (κ2) is 5.29. The van der Waals surface area contributed by atoms with Crippen LogP contribution < -0.4 is 10.9 Å². The van der Waals surface area contributed by atoms with Crippen LogP contribution in [0.2, 0.25) is 0 Å². The van der Waals surface area contributed by atoms with Gasteiger partial charge in [0.2, 0.25) is 5.91 Å². The third-order valence-electron chi connectivity index (χ3n) is 3.92. The van der Waals surface area contributed by atoms with Gasteiger partial charge < -0.3 is 5.32 Å². The molecule has 3 rings (SSSR count). The van der Waals surface area contributed by atoms with Crippen LogP contribution in [-0.2, 0) is 4.79 Å². The minimum absolute atomic E-state index is 0.142. The Kier molecular flexibility index (Phi) is 3.54. The standard InChI is InChI=1S/C15H14F3N3O2/c1-6(2)21-14-11(15(23)20-21)8(5-10(22)19-14)7-3-4-9(16)13(18)12(7)17/h3-4,6,8H,5H2,1-2H3,(H,19,22)(H,20,23)/t8-/m1/s1. The number of aromatic amines is 1. The molecule has 1 aliphatic heterocycles. The van der Waals surface area contributed by atoms with Gasteiger partial charge in [0.25, 0.3) is 5.56 Å². The van der Waals surface area contributed by atoms with E-state index in [0.717, 1.165) is 12.1 Å². The fourth-order valence-corrected chi connectivity index (χ4v) is 2.85. The van der Waals surface area contributed by atoms with Gasteiger partial charge in [0.05, 0.1) is 5.56 Å². The van der Waals surface area contributed by atoms with Crippen LogP contribution in [0.25, 0.3) is 0 Å². The zero-order valence-corrected chi connectivity index (χ0v) is 12.4. The van der Waals surface area contributed by atoms with E-state index in [2.05, 4.69) is 10.4 Å². The third kappa shape index (κ3) is 2.34. The normalized spacial score (nSPS) is 17.3. The predicted octanol–water partition coefficient (Wildman–Crippen LogP) is 2.65. The first kappa shape index (κ1) is 15.4. The molecule has 1 atom stereocenters. The smallest absolute Gasteiger partial charge is 0.270 e. The Morgan fingerprint density at radius 2 is 1.87 bits per heavy atom. The third-order valence-corrected chi connectivity index (χ3v) is 3.92. The first-order chi connectivity index (χ1) is 10.8. The van der Waals surface area contributed by atoms with E-state index in [9.17, 15) is 22.8 Å². The van der Waals surface area contributed by atoms with E-state index in [-0.39, 0.29) is 29.4 Å². The minimum Gasteiger partial charge on any atom is -0.311 e. The molecule has 2 heterocycles. The Morgan fingerprint density at radius 1 is 1.17 bits per heavy atom. The van der Waals surface area contributed by atoms with Crippen LogP contribution in [0.4, 0.5) is 19.0 Å². The second-order valence-electron chi connectivity index (χ2n) is 5.74. The number of halogens is 3. The van der Waals surface area contributed by atoms with Crippen LogP contribution >= 0.6 is 0 Å². The molecule has 0 radical (unpaired) electrons. The number of hydrogen-bond acceptors (Lipinski definition) is 2. The number of H-pyrrole nitrogens is 1. The molecule has 0 fully saturated rings. The predicted molar refractivity (Wildman–Crippen MR) is 76.8 cm³/mol. The van der Waals surface area contributed by atoms with E-state index in [0.29, 0.717) is 0 Å². The number of aromatic nitrogens is 2. The van der Waals surface area contributed by atoms with E-state index in [4.69, 9.17) is 0 Å². The Bertz CT molecular complexity index is 854. The zero-order chi connectivity index (χ0) is 16.9. The number of carbonyl (C=O) groups is 1. The van der Waals surface area contributed by atoms with Gasteiger partial charge in [-0.1, -0.05) is 6.07 Å². The summed E-state index contributed by atoms with van der Waals surface area (Å²) < 4.78 is 42.2. The van der Waals surface area contributed by atoms with Crippen molar-refractivity contribution in [2.75, 3.05) is 5.32 Å². The molecule has 0 aliphatic carbocycles. The van der Waals surface area contributed by atoms with Crippen molar-refractivity contribution < 1.29 is 18.0 Å². The van der Waals surface area contributed by atoms with Crippen molar-refractivity contribution in [2.24, 2.45) is 0 Å². The number of fused-ring (bicyclic) bond motifs is 1. The summed E-state index contributed by atoms with van der Waals surface area (Å²) >= 11 is 0. The number of nitrogens with zero attached hydrogens (tertiary/aromatic N) is 1. The lowest BCUT2D eigenvalue weighted by molar-refractivity contribution is -0.116. The largest absolute Gasteiger partial charge is 0.311 e. The molecule has 122 valence electrons. The molecule has 1 aromatic heterocycles. The number of benzene rings is 1. The van der Waals surface area contributed by atoms with Gasteiger partial charge in [-0.3, -0.25) is 19.4 Å². The van der Waals surface area contributed by atoms with Gasteiger partial charge in [0.15, 0.2) is 17.5 Å². The van der Waals surface area contributed by atoms with E-state index in [1.165, 1.54) is 4.68 Å². The quantitative estimate of drug-likeness (QED) is 0.834. The molecule has 0 spiro atoms. The average Bonchev–Trinajstić information content (AvgIpc) is 2.81. The van der Waals surface area contributed by atoms with E-state index < -0.39 is 34.8 Å². The highest BCUT2D eigenvalue weighted by atomic mass is 19.2. The van der Waals surface area contributed by atoms with E-state index in [1.54, 1.807) is 13.8 Å². The van der Waals surface area contributed by atoms with Crippen molar-refractivity contribution in [1.82, 2.24) is 9.78 Å².